The maximum absolute atomic E-state index is 12.0. The minimum Gasteiger partial charge on any atom is -0.392 e. The molecule has 5 nitrogen and oxygen atoms in total. The lowest BCUT2D eigenvalue weighted by Gasteiger charge is -2.34. The Balaban J connectivity index is 2.29. The summed E-state index contributed by atoms with van der Waals surface area (Å²) >= 11 is 4.89. The zero-order valence-electron chi connectivity index (χ0n) is 11.2. The van der Waals surface area contributed by atoms with Gasteiger partial charge in [-0.1, -0.05) is 19.1 Å². The fraction of sp³-hybridized carbons (Fsp3) is 0.833. The van der Waals surface area contributed by atoms with E-state index in [1.165, 1.54) is 0 Å². The van der Waals surface area contributed by atoms with E-state index in [2.05, 4.69) is 4.90 Å². The molecule has 104 valence electrons. The molecule has 18 heavy (non-hydrogen) atoms. The molecule has 0 aromatic rings. The van der Waals surface area contributed by atoms with Crippen LogP contribution < -0.4 is 5.73 Å². The highest BCUT2D eigenvalue weighted by Gasteiger charge is 2.22. The van der Waals surface area contributed by atoms with Crippen LogP contribution in [0.3, 0.4) is 0 Å². The smallest absolute Gasteiger partial charge is 0.223 e. The number of carbonyl (C=O) groups excluding carboxylic acids is 1. The Bertz CT molecular complexity index is 291. The second-order valence-corrected chi connectivity index (χ2v) is 5.41. The van der Waals surface area contributed by atoms with E-state index in [0.29, 0.717) is 24.6 Å². The average Bonchev–Trinajstić information content (AvgIpc) is 2.29. The number of ether oxygens (including phenoxy) is 1. The van der Waals surface area contributed by atoms with E-state index in [1.54, 1.807) is 7.11 Å². The van der Waals surface area contributed by atoms with Gasteiger partial charge in [0.1, 0.15) is 0 Å². The van der Waals surface area contributed by atoms with Crippen LogP contribution in [0.5, 0.6) is 0 Å². The minimum atomic E-state index is 0.217. The van der Waals surface area contributed by atoms with Crippen molar-refractivity contribution in [1.82, 2.24) is 9.80 Å². The number of methoxy groups -OCH3 is 1. The fourth-order valence-corrected chi connectivity index (χ4v) is 2.33. The Morgan fingerprint density at radius 2 is 2.00 bits per heavy atom. The van der Waals surface area contributed by atoms with Crippen LogP contribution in [0.1, 0.15) is 13.3 Å². The van der Waals surface area contributed by atoms with E-state index in [1.807, 2.05) is 11.8 Å². The number of thiocarbonyl (C=S) groups is 1. The lowest BCUT2D eigenvalue weighted by Crippen LogP contribution is -2.50. The fourth-order valence-electron chi connectivity index (χ4n) is 2.15. The number of rotatable bonds is 6. The number of piperazine rings is 1. The molecular weight excluding hydrogens is 250 g/mol. The highest BCUT2D eigenvalue weighted by Crippen LogP contribution is 2.09. The number of nitrogens with two attached hydrogens (primary N) is 1. The summed E-state index contributed by atoms with van der Waals surface area (Å²) in [6, 6.07) is 0. The van der Waals surface area contributed by atoms with Crippen LogP contribution in [0.25, 0.3) is 0 Å². The first-order valence-corrected chi connectivity index (χ1v) is 6.71. The predicted molar refractivity (Wildman–Crippen MR) is 75.5 cm³/mol. The summed E-state index contributed by atoms with van der Waals surface area (Å²) in [6.45, 7) is 6.54. The topological polar surface area (TPSA) is 58.8 Å². The van der Waals surface area contributed by atoms with Gasteiger partial charge in [-0.3, -0.25) is 9.69 Å². The van der Waals surface area contributed by atoms with Crippen molar-refractivity contribution in [2.24, 2.45) is 11.7 Å². The molecule has 1 unspecified atom stereocenters. The van der Waals surface area contributed by atoms with E-state index < -0.39 is 0 Å². The van der Waals surface area contributed by atoms with Gasteiger partial charge >= 0.3 is 0 Å². The zero-order chi connectivity index (χ0) is 13.5. The number of carbonyl (C=O) groups is 1. The number of amides is 1. The number of nitrogens with zero attached hydrogens (tertiary/aromatic N) is 2. The highest BCUT2D eigenvalue weighted by atomic mass is 32.1. The average molecular weight is 273 g/mol. The van der Waals surface area contributed by atoms with Crippen molar-refractivity contribution >= 4 is 23.1 Å². The Morgan fingerprint density at radius 1 is 1.39 bits per heavy atom. The van der Waals surface area contributed by atoms with E-state index in [9.17, 15) is 4.79 Å². The Morgan fingerprint density at radius 3 is 2.50 bits per heavy atom. The molecular formula is C12H23N3O2S. The number of hydrogen-bond donors (Lipinski definition) is 1. The summed E-state index contributed by atoms with van der Waals surface area (Å²) in [5, 5.41) is 0. The maximum Gasteiger partial charge on any atom is 0.223 e. The van der Waals surface area contributed by atoms with Gasteiger partial charge in [0.2, 0.25) is 5.91 Å². The van der Waals surface area contributed by atoms with Gasteiger partial charge < -0.3 is 15.4 Å². The standard InChI is InChI=1S/C12H23N3O2S/c1-10(9-17-2)7-12(16)15-5-3-14(4-6-15)8-11(13)18/h10H,3-9H2,1-2H3,(H2,13,18). The van der Waals surface area contributed by atoms with Crippen LogP contribution in [0, 0.1) is 5.92 Å². The minimum absolute atomic E-state index is 0.217. The summed E-state index contributed by atoms with van der Waals surface area (Å²) in [7, 11) is 1.66. The third-order valence-electron chi connectivity index (χ3n) is 3.08. The van der Waals surface area contributed by atoms with Crippen LogP contribution in [-0.4, -0.2) is 67.1 Å². The molecule has 1 saturated heterocycles. The second-order valence-electron chi connectivity index (χ2n) is 4.89. The second kappa shape index (κ2) is 7.66. The van der Waals surface area contributed by atoms with Gasteiger partial charge in [0, 0.05) is 52.9 Å². The summed E-state index contributed by atoms with van der Waals surface area (Å²) < 4.78 is 5.05. The lowest BCUT2D eigenvalue weighted by atomic mass is 10.1. The van der Waals surface area contributed by atoms with Gasteiger partial charge in [0.05, 0.1) is 4.99 Å². The molecule has 1 heterocycles. The molecule has 1 atom stereocenters. The van der Waals surface area contributed by atoms with Gasteiger partial charge in [-0.05, 0) is 5.92 Å². The predicted octanol–water partition coefficient (Wildman–Crippen LogP) is 0.0893. The van der Waals surface area contributed by atoms with E-state index in [0.717, 1.165) is 26.2 Å². The van der Waals surface area contributed by atoms with Crippen LogP contribution in [-0.2, 0) is 9.53 Å². The molecule has 0 aromatic carbocycles. The summed E-state index contributed by atoms with van der Waals surface area (Å²) in [5.74, 6) is 0.492. The van der Waals surface area contributed by atoms with Crippen molar-refractivity contribution in [2.45, 2.75) is 13.3 Å². The lowest BCUT2D eigenvalue weighted by molar-refractivity contribution is -0.134. The van der Waals surface area contributed by atoms with Gasteiger partial charge in [-0.15, -0.1) is 0 Å². The molecule has 1 aliphatic rings. The van der Waals surface area contributed by atoms with Crippen LogP contribution in [0.2, 0.25) is 0 Å². The molecule has 0 aliphatic carbocycles. The molecule has 1 aliphatic heterocycles. The molecule has 0 radical (unpaired) electrons. The van der Waals surface area contributed by atoms with Crippen LogP contribution >= 0.6 is 12.2 Å². The first-order chi connectivity index (χ1) is 8.52. The van der Waals surface area contributed by atoms with Crippen molar-refractivity contribution in [3.8, 4) is 0 Å². The van der Waals surface area contributed by atoms with Crippen molar-refractivity contribution < 1.29 is 9.53 Å². The Labute approximate surface area is 114 Å². The summed E-state index contributed by atoms with van der Waals surface area (Å²) in [6.07, 6.45) is 0.559. The molecule has 1 rings (SSSR count). The molecule has 0 saturated carbocycles. The third-order valence-corrected chi connectivity index (χ3v) is 3.21. The first-order valence-electron chi connectivity index (χ1n) is 6.30. The van der Waals surface area contributed by atoms with E-state index >= 15 is 0 Å². The quantitative estimate of drug-likeness (QED) is 0.695. The van der Waals surface area contributed by atoms with Crippen LogP contribution in [0.4, 0.5) is 0 Å². The maximum atomic E-state index is 12.0. The molecule has 2 N–H and O–H groups in total. The third kappa shape index (κ3) is 5.29. The van der Waals surface area contributed by atoms with Gasteiger partial charge in [-0.25, -0.2) is 0 Å². The largest absolute Gasteiger partial charge is 0.392 e. The van der Waals surface area contributed by atoms with Crippen molar-refractivity contribution in [2.75, 3.05) is 46.4 Å². The molecule has 1 amide bonds. The monoisotopic (exact) mass is 273 g/mol. The first kappa shape index (κ1) is 15.3. The van der Waals surface area contributed by atoms with Gasteiger partial charge in [0.25, 0.3) is 0 Å². The van der Waals surface area contributed by atoms with Gasteiger partial charge in [0.15, 0.2) is 0 Å². The zero-order valence-corrected chi connectivity index (χ0v) is 12.0. The number of hydrogen-bond acceptors (Lipinski definition) is 4. The summed E-state index contributed by atoms with van der Waals surface area (Å²) in [4.78, 5) is 16.6. The van der Waals surface area contributed by atoms with Crippen LogP contribution in [0.15, 0.2) is 0 Å². The van der Waals surface area contributed by atoms with Gasteiger partial charge in [-0.2, -0.15) is 0 Å². The van der Waals surface area contributed by atoms with E-state index in [-0.39, 0.29) is 11.8 Å². The SMILES string of the molecule is COCC(C)CC(=O)N1CCN(CC(N)=S)CC1. The van der Waals surface area contributed by atoms with Crippen molar-refractivity contribution in [3.05, 3.63) is 0 Å². The normalized spacial score (nSPS) is 18.7. The van der Waals surface area contributed by atoms with Crippen molar-refractivity contribution in [1.29, 1.82) is 0 Å². The molecule has 6 heteroatoms. The summed E-state index contributed by atoms with van der Waals surface area (Å²) in [5.41, 5.74) is 5.51. The molecule has 0 spiro atoms. The molecule has 0 aromatic heterocycles. The Hall–Kier alpha value is -0.720. The van der Waals surface area contributed by atoms with Crippen molar-refractivity contribution in [3.63, 3.8) is 0 Å². The molecule has 1 fully saturated rings. The van der Waals surface area contributed by atoms with E-state index in [4.69, 9.17) is 22.7 Å². The molecule has 0 bridgehead atoms. The highest BCUT2D eigenvalue weighted by molar-refractivity contribution is 7.80. The Kier molecular flexibility index (Phi) is 6.52.